The first-order valence-corrected chi connectivity index (χ1v) is 9.91. The van der Waals surface area contributed by atoms with Crippen molar-refractivity contribution >= 4 is 40.2 Å². The molecule has 1 aromatic heterocycles. The molecule has 3 aromatic rings. The summed E-state index contributed by atoms with van der Waals surface area (Å²) >= 11 is 5.87. The van der Waals surface area contributed by atoms with Crippen molar-refractivity contribution in [2.75, 3.05) is 19.0 Å². The average Bonchev–Trinajstić information content (AvgIpc) is 3.02. The number of nitrogens with one attached hydrogen (secondary N) is 2. The number of fused-ring (bicyclic) bond motifs is 1. The maximum absolute atomic E-state index is 13.1. The summed E-state index contributed by atoms with van der Waals surface area (Å²) in [4.78, 5) is 17.1. The smallest absolute Gasteiger partial charge is 0.382 e. The number of anilines is 1. The van der Waals surface area contributed by atoms with Gasteiger partial charge in [-0.15, -0.1) is 0 Å². The van der Waals surface area contributed by atoms with Gasteiger partial charge < -0.3 is 10.1 Å². The number of aromatic nitrogens is 2. The first-order valence-electron chi connectivity index (χ1n) is 9.53. The van der Waals surface area contributed by atoms with Gasteiger partial charge >= 0.3 is 6.18 Å². The number of halogens is 4. The number of rotatable bonds is 5. The Balaban J connectivity index is 1.93. The summed E-state index contributed by atoms with van der Waals surface area (Å²) in [5.74, 6) is -0.123. The number of benzene rings is 2. The fraction of sp³-hybridized carbons (Fsp3) is 0.286. The molecule has 0 spiro atoms. The Bertz CT molecular complexity index is 1140. The lowest BCUT2D eigenvalue weighted by atomic mass is 10.1. The van der Waals surface area contributed by atoms with Crippen molar-refractivity contribution in [1.82, 2.24) is 15.1 Å². The van der Waals surface area contributed by atoms with E-state index >= 15 is 0 Å². The predicted octanol–water partition coefficient (Wildman–Crippen LogP) is 4.48. The molecule has 0 saturated carbocycles. The van der Waals surface area contributed by atoms with E-state index in [0.717, 1.165) is 12.1 Å². The summed E-state index contributed by atoms with van der Waals surface area (Å²) in [7, 11) is 3.06. The van der Waals surface area contributed by atoms with Gasteiger partial charge in [0, 0.05) is 30.1 Å². The maximum Gasteiger partial charge on any atom is 0.416 e. The number of nitrogens with zero attached hydrogens (tertiary/aromatic N) is 3. The number of carbonyl (C=O) groups is 1. The van der Waals surface area contributed by atoms with Crippen LogP contribution in [0.3, 0.4) is 0 Å². The molecule has 0 radical (unpaired) electrons. The monoisotopic (exact) mass is 467 g/mol. The molecular weight excluding hydrogens is 447 g/mol. The molecule has 2 aromatic carbocycles. The molecule has 3 rings (SSSR count). The standard InChI is InChI=1S/C21H21ClF3N5O2/c1-12(11-32-3)26-20(28-19(31)13-4-7-15(22)8-5-13)27-18-16-9-6-14(21(23,24)25)10-17(16)30(2)29-18/h4-10,12H,11H2,1-3H3,(H2,26,27,28,29,31)/t12-/m0/s1. The largest absolute Gasteiger partial charge is 0.416 e. The van der Waals surface area contributed by atoms with E-state index in [-0.39, 0.29) is 23.3 Å². The molecule has 11 heteroatoms. The lowest BCUT2D eigenvalue weighted by molar-refractivity contribution is -0.137. The van der Waals surface area contributed by atoms with Gasteiger partial charge in [-0.3, -0.25) is 14.8 Å². The number of methoxy groups -OCH3 is 1. The van der Waals surface area contributed by atoms with Crippen LogP contribution in [0.25, 0.3) is 10.9 Å². The number of amides is 1. The summed E-state index contributed by atoms with van der Waals surface area (Å²) in [6, 6.07) is 9.28. The van der Waals surface area contributed by atoms with E-state index in [0.29, 0.717) is 22.6 Å². The topological polar surface area (TPSA) is 80.5 Å². The van der Waals surface area contributed by atoms with Gasteiger partial charge in [-0.05, 0) is 49.4 Å². The summed E-state index contributed by atoms with van der Waals surface area (Å²) in [6.45, 7) is 2.08. The van der Waals surface area contributed by atoms with Crippen molar-refractivity contribution in [3.63, 3.8) is 0 Å². The van der Waals surface area contributed by atoms with E-state index in [1.165, 1.54) is 24.9 Å². The van der Waals surface area contributed by atoms with E-state index in [1.807, 2.05) is 0 Å². The van der Waals surface area contributed by atoms with Crippen LogP contribution in [-0.4, -0.2) is 41.4 Å². The number of ether oxygens (including phenoxy) is 1. The Morgan fingerprint density at radius 3 is 2.56 bits per heavy atom. The fourth-order valence-electron chi connectivity index (χ4n) is 3.01. The van der Waals surface area contributed by atoms with Crippen LogP contribution >= 0.6 is 11.6 Å². The molecule has 0 aliphatic carbocycles. The maximum atomic E-state index is 13.1. The van der Waals surface area contributed by atoms with Crippen LogP contribution in [0.5, 0.6) is 0 Å². The highest BCUT2D eigenvalue weighted by molar-refractivity contribution is 6.30. The molecule has 170 valence electrons. The van der Waals surface area contributed by atoms with Gasteiger partial charge in [0.1, 0.15) is 0 Å². The molecule has 1 amide bonds. The third kappa shape index (κ3) is 5.57. The minimum atomic E-state index is -4.47. The van der Waals surface area contributed by atoms with E-state index in [9.17, 15) is 18.0 Å². The lowest BCUT2D eigenvalue weighted by Crippen LogP contribution is -2.37. The minimum Gasteiger partial charge on any atom is -0.382 e. The zero-order valence-corrected chi connectivity index (χ0v) is 18.3. The van der Waals surface area contributed by atoms with Gasteiger partial charge in [-0.1, -0.05) is 11.6 Å². The molecule has 0 aliphatic heterocycles. The lowest BCUT2D eigenvalue weighted by Gasteiger charge is -2.13. The van der Waals surface area contributed by atoms with Crippen LogP contribution in [0.15, 0.2) is 47.5 Å². The van der Waals surface area contributed by atoms with E-state index in [4.69, 9.17) is 16.3 Å². The van der Waals surface area contributed by atoms with E-state index in [1.54, 1.807) is 31.2 Å². The number of aliphatic imine (C=N–C) groups is 1. The van der Waals surface area contributed by atoms with E-state index in [2.05, 4.69) is 20.7 Å². The molecule has 7 nitrogen and oxygen atoms in total. The first-order chi connectivity index (χ1) is 15.1. The molecule has 1 heterocycles. The van der Waals surface area contributed by atoms with Crippen LogP contribution in [0, 0.1) is 0 Å². The zero-order valence-electron chi connectivity index (χ0n) is 17.5. The normalized spacial score (nSPS) is 13.3. The predicted molar refractivity (Wildman–Crippen MR) is 117 cm³/mol. The van der Waals surface area contributed by atoms with Crippen LogP contribution < -0.4 is 10.6 Å². The van der Waals surface area contributed by atoms with Gasteiger partial charge in [0.15, 0.2) is 5.82 Å². The molecule has 32 heavy (non-hydrogen) atoms. The summed E-state index contributed by atoms with van der Waals surface area (Å²) < 4.78 is 45.6. The Kier molecular flexibility index (Phi) is 7.05. The van der Waals surface area contributed by atoms with Gasteiger partial charge in [0.05, 0.1) is 23.7 Å². The number of guanidine groups is 1. The van der Waals surface area contributed by atoms with Gasteiger partial charge in [-0.25, -0.2) is 4.99 Å². The molecule has 0 saturated heterocycles. The van der Waals surface area contributed by atoms with Crippen LogP contribution in [-0.2, 0) is 18.0 Å². The summed E-state index contributed by atoms with van der Waals surface area (Å²) in [5.41, 5.74) is -0.155. The summed E-state index contributed by atoms with van der Waals surface area (Å²) in [5, 5.41) is 10.8. The van der Waals surface area contributed by atoms with Crippen LogP contribution in [0.1, 0.15) is 22.8 Å². The first kappa shape index (κ1) is 23.6. The number of alkyl halides is 3. The molecular formula is C21H21ClF3N5O2. The fourth-order valence-corrected chi connectivity index (χ4v) is 3.14. The third-order valence-corrected chi connectivity index (χ3v) is 4.76. The van der Waals surface area contributed by atoms with Crippen LogP contribution in [0.2, 0.25) is 5.02 Å². The summed E-state index contributed by atoms with van der Waals surface area (Å²) in [6.07, 6.45) is -4.47. The number of carbonyl (C=O) groups excluding carboxylic acids is 1. The molecule has 0 bridgehead atoms. The van der Waals surface area contributed by atoms with Crippen molar-refractivity contribution in [3.05, 3.63) is 58.6 Å². The Morgan fingerprint density at radius 2 is 1.94 bits per heavy atom. The van der Waals surface area contributed by atoms with E-state index < -0.39 is 17.6 Å². The number of hydrogen-bond acceptors (Lipinski definition) is 4. The van der Waals surface area contributed by atoms with Crippen molar-refractivity contribution in [1.29, 1.82) is 0 Å². The molecule has 0 aliphatic rings. The highest BCUT2D eigenvalue weighted by atomic mass is 35.5. The van der Waals surface area contributed by atoms with Crippen molar-refractivity contribution in [3.8, 4) is 0 Å². The third-order valence-electron chi connectivity index (χ3n) is 4.51. The van der Waals surface area contributed by atoms with Crippen LogP contribution in [0.4, 0.5) is 19.0 Å². The quantitative estimate of drug-likeness (QED) is 0.428. The molecule has 2 N–H and O–H groups in total. The Labute approximate surface area is 187 Å². The van der Waals surface area contributed by atoms with Crippen molar-refractivity contribution in [2.45, 2.75) is 19.1 Å². The minimum absolute atomic E-state index is 0.0781. The highest BCUT2D eigenvalue weighted by Crippen LogP contribution is 2.33. The van der Waals surface area contributed by atoms with Crippen molar-refractivity contribution < 1.29 is 22.7 Å². The SMILES string of the molecule is COC[C@H](C)N=C(NC(=O)c1ccc(Cl)cc1)Nc1nn(C)c2cc(C(F)(F)F)ccc12. The second-order valence-electron chi connectivity index (χ2n) is 7.07. The second kappa shape index (κ2) is 9.58. The average molecular weight is 468 g/mol. The Hall–Kier alpha value is -3.11. The molecule has 0 unspecified atom stereocenters. The zero-order chi connectivity index (χ0) is 23.5. The van der Waals surface area contributed by atoms with Gasteiger partial charge in [0.2, 0.25) is 5.96 Å². The number of aryl methyl sites for hydroxylation is 1. The molecule has 0 fully saturated rings. The highest BCUT2D eigenvalue weighted by Gasteiger charge is 2.31. The van der Waals surface area contributed by atoms with Gasteiger partial charge in [0.25, 0.3) is 5.91 Å². The molecule has 1 atom stereocenters. The Morgan fingerprint density at radius 1 is 1.25 bits per heavy atom. The van der Waals surface area contributed by atoms with Crippen molar-refractivity contribution in [2.24, 2.45) is 12.0 Å². The second-order valence-corrected chi connectivity index (χ2v) is 7.51. The number of hydrogen-bond donors (Lipinski definition) is 2. The van der Waals surface area contributed by atoms with Gasteiger partial charge in [-0.2, -0.15) is 18.3 Å².